The minimum Gasteiger partial charge on any atom is -0.305 e. The molecular weight excluding hydrogens is 259 g/mol. The molecule has 0 aliphatic carbocycles. The first-order valence-electron chi connectivity index (χ1n) is 5.71. The molecule has 8 heteroatoms. The minimum atomic E-state index is -4.26. The molecule has 2 heterocycles. The maximum absolute atomic E-state index is 12.3. The van der Waals surface area contributed by atoms with E-state index in [9.17, 15) is 13.2 Å². The van der Waals surface area contributed by atoms with Gasteiger partial charge in [-0.25, -0.2) is 0 Å². The van der Waals surface area contributed by atoms with E-state index in [1.807, 2.05) is 19.3 Å². The molecule has 0 atom stereocenters. The second-order valence-corrected chi connectivity index (χ2v) is 4.18. The van der Waals surface area contributed by atoms with Crippen molar-refractivity contribution >= 4 is 0 Å². The summed E-state index contributed by atoms with van der Waals surface area (Å²) in [5, 5.41) is 10.9. The second kappa shape index (κ2) is 5.43. The van der Waals surface area contributed by atoms with Crippen molar-refractivity contribution in [1.29, 1.82) is 0 Å². The predicted octanol–water partition coefficient (Wildman–Crippen LogP) is 1.47. The Morgan fingerprint density at radius 3 is 2.68 bits per heavy atom. The van der Waals surface area contributed by atoms with Gasteiger partial charge in [0.25, 0.3) is 0 Å². The molecule has 5 nitrogen and oxygen atoms in total. The van der Waals surface area contributed by atoms with Crippen LogP contribution in [-0.4, -0.2) is 25.7 Å². The molecule has 0 aromatic carbocycles. The van der Waals surface area contributed by atoms with E-state index in [-0.39, 0.29) is 0 Å². The number of nitrogens with zero attached hydrogens (tertiary/aromatic N) is 4. The van der Waals surface area contributed by atoms with Crippen LogP contribution in [0.25, 0.3) is 0 Å². The van der Waals surface area contributed by atoms with E-state index in [1.54, 1.807) is 10.7 Å². The van der Waals surface area contributed by atoms with Gasteiger partial charge in [0.05, 0.1) is 11.4 Å². The number of nitrogens with one attached hydrogen (secondary N) is 1. The summed E-state index contributed by atoms with van der Waals surface area (Å²) in [6.45, 7) is -0.259. The summed E-state index contributed by atoms with van der Waals surface area (Å²) >= 11 is 0. The van der Waals surface area contributed by atoms with Gasteiger partial charge in [-0.05, 0) is 12.1 Å². The topological polar surface area (TPSA) is 47.7 Å². The molecule has 0 aliphatic heterocycles. The van der Waals surface area contributed by atoms with E-state index in [1.165, 1.54) is 6.20 Å². The van der Waals surface area contributed by atoms with Crippen molar-refractivity contribution in [2.24, 2.45) is 7.05 Å². The van der Waals surface area contributed by atoms with Gasteiger partial charge in [0.2, 0.25) is 0 Å². The van der Waals surface area contributed by atoms with Gasteiger partial charge in [0.15, 0.2) is 0 Å². The van der Waals surface area contributed by atoms with Crippen molar-refractivity contribution in [3.63, 3.8) is 0 Å². The number of aromatic nitrogens is 4. The van der Waals surface area contributed by atoms with E-state index in [2.05, 4.69) is 15.5 Å². The first-order chi connectivity index (χ1) is 8.94. The normalized spacial score (nSPS) is 12.0. The van der Waals surface area contributed by atoms with Gasteiger partial charge in [0.1, 0.15) is 6.54 Å². The molecule has 2 aromatic rings. The Kier molecular flexibility index (Phi) is 3.89. The summed E-state index contributed by atoms with van der Waals surface area (Å²) in [5.41, 5.74) is 1.33. The first kappa shape index (κ1) is 13.6. The van der Waals surface area contributed by atoms with E-state index in [4.69, 9.17) is 0 Å². The third-order valence-electron chi connectivity index (χ3n) is 2.51. The third kappa shape index (κ3) is 4.09. The monoisotopic (exact) mass is 273 g/mol. The Bertz CT molecular complexity index is 528. The van der Waals surface area contributed by atoms with Crippen LogP contribution in [0.4, 0.5) is 13.2 Å². The number of rotatable bonds is 5. The molecule has 0 fully saturated rings. The Morgan fingerprint density at radius 2 is 2.05 bits per heavy atom. The lowest BCUT2D eigenvalue weighted by Crippen LogP contribution is -2.23. The maximum Gasteiger partial charge on any atom is 0.408 e. The third-order valence-corrected chi connectivity index (χ3v) is 2.51. The number of aryl methyl sites for hydroxylation is 1. The van der Waals surface area contributed by atoms with Crippen LogP contribution in [-0.2, 0) is 26.7 Å². The van der Waals surface area contributed by atoms with Crippen LogP contribution in [0.15, 0.2) is 24.5 Å². The standard InChI is InChI=1S/C11H14F3N5/c1-18-5-3-9(17-18)6-15-7-10-2-4-16-19(10)8-11(12,13)14/h2-5,15H,6-8H2,1H3. The Hall–Kier alpha value is -1.83. The van der Waals surface area contributed by atoms with Crippen LogP contribution < -0.4 is 5.32 Å². The van der Waals surface area contributed by atoms with Crippen molar-refractivity contribution in [2.75, 3.05) is 0 Å². The van der Waals surface area contributed by atoms with Gasteiger partial charge in [-0.2, -0.15) is 23.4 Å². The molecule has 0 bridgehead atoms. The lowest BCUT2D eigenvalue weighted by atomic mass is 10.4. The molecule has 0 spiro atoms. The van der Waals surface area contributed by atoms with Crippen LogP contribution in [0.2, 0.25) is 0 Å². The summed E-state index contributed by atoms with van der Waals surface area (Å²) in [7, 11) is 1.81. The van der Waals surface area contributed by atoms with Crippen LogP contribution in [0.3, 0.4) is 0 Å². The van der Waals surface area contributed by atoms with Crippen molar-refractivity contribution in [3.8, 4) is 0 Å². The summed E-state index contributed by atoms with van der Waals surface area (Å²) in [4.78, 5) is 0. The number of halogens is 3. The molecule has 2 rings (SSSR count). The lowest BCUT2D eigenvalue weighted by Gasteiger charge is -2.10. The van der Waals surface area contributed by atoms with E-state index in [0.29, 0.717) is 18.8 Å². The molecule has 0 aliphatic rings. The Morgan fingerprint density at radius 1 is 1.26 bits per heavy atom. The zero-order valence-electron chi connectivity index (χ0n) is 10.4. The quantitative estimate of drug-likeness (QED) is 0.897. The second-order valence-electron chi connectivity index (χ2n) is 4.18. The summed E-state index contributed by atoms with van der Waals surface area (Å²) in [5.74, 6) is 0. The largest absolute Gasteiger partial charge is 0.408 e. The van der Waals surface area contributed by atoms with Crippen LogP contribution in [0.1, 0.15) is 11.4 Å². The zero-order valence-corrected chi connectivity index (χ0v) is 10.4. The minimum absolute atomic E-state index is 0.312. The molecule has 0 amide bonds. The maximum atomic E-state index is 12.3. The molecule has 1 N–H and O–H groups in total. The van der Waals surface area contributed by atoms with Gasteiger partial charge in [-0.15, -0.1) is 0 Å². The number of alkyl halides is 3. The Labute approximate surface area is 108 Å². The zero-order chi connectivity index (χ0) is 13.9. The fourth-order valence-electron chi connectivity index (χ4n) is 1.70. The van der Waals surface area contributed by atoms with E-state index >= 15 is 0 Å². The number of hydrogen-bond acceptors (Lipinski definition) is 3. The highest BCUT2D eigenvalue weighted by Crippen LogP contribution is 2.17. The molecule has 104 valence electrons. The molecule has 0 unspecified atom stereocenters. The summed E-state index contributed by atoms with van der Waals surface area (Å²) in [6, 6.07) is 3.41. The average Bonchev–Trinajstić information content (AvgIpc) is 2.87. The van der Waals surface area contributed by atoms with Crippen molar-refractivity contribution in [3.05, 3.63) is 35.9 Å². The van der Waals surface area contributed by atoms with Gasteiger partial charge in [-0.1, -0.05) is 0 Å². The molecule has 19 heavy (non-hydrogen) atoms. The number of hydrogen-bond donors (Lipinski definition) is 1. The van der Waals surface area contributed by atoms with Crippen molar-refractivity contribution in [2.45, 2.75) is 25.8 Å². The molecule has 2 aromatic heterocycles. The molecular formula is C11H14F3N5. The van der Waals surface area contributed by atoms with Gasteiger partial charge in [0, 0.05) is 32.5 Å². The Balaban J connectivity index is 1.88. The van der Waals surface area contributed by atoms with Gasteiger partial charge < -0.3 is 5.32 Å². The highest BCUT2D eigenvalue weighted by Gasteiger charge is 2.29. The van der Waals surface area contributed by atoms with Crippen molar-refractivity contribution in [1.82, 2.24) is 24.9 Å². The predicted molar refractivity (Wildman–Crippen MR) is 62.0 cm³/mol. The SMILES string of the molecule is Cn1ccc(CNCc2ccnn2CC(F)(F)F)n1. The first-order valence-corrected chi connectivity index (χ1v) is 5.71. The fraction of sp³-hybridized carbons (Fsp3) is 0.455. The van der Waals surface area contributed by atoms with Gasteiger partial charge in [-0.3, -0.25) is 9.36 Å². The molecule has 0 saturated carbocycles. The van der Waals surface area contributed by atoms with E-state index in [0.717, 1.165) is 10.4 Å². The molecule has 0 radical (unpaired) electrons. The fourth-order valence-corrected chi connectivity index (χ4v) is 1.70. The van der Waals surface area contributed by atoms with Crippen LogP contribution >= 0.6 is 0 Å². The highest BCUT2D eigenvalue weighted by molar-refractivity contribution is 5.02. The van der Waals surface area contributed by atoms with Crippen LogP contribution in [0, 0.1) is 0 Å². The highest BCUT2D eigenvalue weighted by atomic mass is 19.4. The van der Waals surface area contributed by atoms with Crippen LogP contribution in [0.5, 0.6) is 0 Å². The average molecular weight is 273 g/mol. The lowest BCUT2D eigenvalue weighted by molar-refractivity contribution is -0.143. The van der Waals surface area contributed by atoms with Gasteiger partial charge >= 0.3 is 6.18 Å². The molecule has 0 saturated heterocycles. The van der Waals surface area contributed by atoms with Crippen molar-refractivity contribution < 1.29 is 13.2 Å². The smallest absolute Gasteiger partial charge is 0.305 e. The van der Waals surface area contributed by atoms with E-state index < -0.39 is 12.7 Å². The summed E-state index contributed by atoms with van der Waals surface area (Å²) < 4.78 is 39.5. The summed E-state index contributed by atoms with van der Waals surface area (Å²) in [6.07, 6.45) is -1.09.